The van der Waals surface area contributed by atoms with Gasteiger partial charge in [-0.05, 0) is 36.4 Å². The summed E-state index contributed by atoms with van der Waals surface area (Å²) in [4.78, 5) is 12.5. The van der Waals surface area contributed by atoms with Gasteiger partial charge in [0.05, 0.1) is 19.2 Å². The zero-order chi connectivity index (χ0) is 14.7. The Bertz CT molecular complexity index is 656. The van der Waals surface area contributed by atoms with E-state index in [4.69, 9.17) is 26.8 Å². The highest BCUT2D eigenvalue weighted by Gasteiger charge is 2.15. The average Bonchev–Trinajstić information content (AvgIpc) is 2.47. The van der Waals surface area contributed by atoms with Crippen LogP contribution >= 0.6 is 11.6 Å². The van der Waals surface area contributed by atoms with Crippen LogP contribution in [0.25, 0.3) is 0 Å². The monoisotopic (exact) mass is 291 g/mol. The first-order chi connectivity index (χ1) is 9.56. The third kappa shape index (κ3) is 2.70. The zero-order valence-corrected chi connectivity index (χ0v) is 11.9. The van der Waals surface area contributed by atoms with Crippen molar-refractivity contribution in [1.29, 1.82) is 0 Å². The first-order valence-corrected chi connectivity index (χ1v) is 6.26. The van der Waals surface area contributed by atoms with Crippen molar-refractivity contribution in [2.24, 2.45) is 0 Å². The number of carbonyl (C=O) groups excluding carboxylic acids is 1. The van der Waals surface area contributed by atoms with Crippen molar-refractivity contribution in [2.75, 3.05) is 20.0 Å². The first kappa shape index (κ1) is 14.2. The van der Waals surface area contributed by atoms with E-state index in [1.165, 1.54) is 14.2 Å². The highest BCUT2D eigenvalue weighted by molar-refractivity contribution is 6.32. The minimum atomic E-state index is -0.217. The molecular formula is C15H14ClNO3. The van der Waals surface area contributed by atoms with Crippen molar-refractivity contribution >= 4 is 23.1 Å². The summed E-state index contributed by atoms with van der Waals surface area (Å²) in [6.07, 6.45) is 0. The number of nitrogen functional groups attached to an aromatic ring is 1. The maximum atomic E-state index is 12.5. The molecule has 2 rings (SSSR count). The lowest BCUT2D eigenvalue weighted by Gasteiger charge is -2.09. The Morgan fingerprint density at radius 1 is 1.10 bits per heavy atom. The fourth-order valence-electron chi connectivity index (χ4n) is 1.82. The molecule has 0 bridgehead atoms. The lowest BCUT2D eigenvalue weighted by atomic mass is 10.0. The molecule has 104 valence electrons. The van der Waals surface area contributed by atoms with E-state index in [1.54, 1.807) is 36.4 Å². The largest absolute Gasteiger partial charge is 0.497 e. The quantitative estimate of drug-likeness (QED) is 0.694. The third-order valence-corrected chi connectivity index (χ3v) is 3.21. The van der Waals surface area contributed by atoms with Crippen LogP contribution in [0.5, 0.6) is 11.5 Å². The van der Waals surface area contributed by atoms with Gasteiger partial charge in [0.2, 0.25) is 0 Å². The molecule has 0 aromatic heterocycles. The Morgan fingerprint density at radius 3 is 2.45 bits per heavy atom. The van der Waals surface area contributed by atoms with Crippen molar-refractivity contribution < 1.29 is 14.3 Å². The molecule has 2 N–H and O–H groups in total. The number of ketones is 1. The number of benzene rings is 2. The standard InChI is InChI=1S/C15H14ClNO3/c1-19-10-4-5-13(17)11(8-10)15(18)9-3-6-14(20-2)12(16)7-9/h3-8H,17H2,1-2H3. The van der Waals surface area contributed by atoms with Gasteiger partial charge in [-0.1, -0.05) is 11.6 Å². The zero-order valence-electron chi connectivity index (χ0n) is 11.1. The van der Waals surface area contributed by atoms with Crippen LogP contribution < -0.4 is 15.2 Å². The Balaban J connectivity index is 2.43. The SMILES string of the molecule is COc1ccc(N)c(C(=O)c2ccc(OC)c(Cl)c2)c1. The molecule has 5 heteroatoms. The van der Waals surface area contributed by atoms with Gasteiger partial charge in [0, 0.05) is 16.8 Å². The van der Waals surface area contributed by atoms with E-state index >= 15 is 0 Å². The minimum absolute atomic E-state index is 0.217. The summed E-state index contributed by atoms with van der Waals surface area (Å²) in [5, 5.41) is 0.375. The summed E-state index contributed by atoms with van der Waals surface area (Å²) < 4.78 is 10.2. The number of hydrogen-bond acceptors (Lipinski definition) is 4. The van der Waals surface area contributed by atoms with Crippen LogP contribution in [0.3, 0.4) is 0 Å². The van der Waals surface area contributed by atoms with Gasteiger partial charge >= 0.3 is 0 Å². The van der Waals surface area contributed by atoms with E-state index in [1.807, 2.05) is 0 Å². The fourth-order valence-corrected chi connectivity index (χ4v) is 2.08. The minimum Gasteiger partial charge on any atom is -0.497 e. The molecule has 0 heterocycles. The van der Waals surface area contributed by atoms with Gasteiger partial charge in [-0.15, -0.1) is 0 Å². The van der Waals surface area contributed by atoms with Crippen molar-refractivity contribution in [3.8, 4) is 11.5 Å². The Kier molecular flexibility index (Phi) is 4.15. The fraction of sp³-hybridized carbons (Fsp3) is 0.133. The summed E-state index contributed by atoms with van der Waals surface area (Å²) in [7, 11) is 3.05. The van der Waals surface area contributed by atoms with Gasteiger partial charge < -0.3 is 15.2 Å². The molecular weight excluding hydrogens is 278 g/mol. The van der Waals surface area contributed by atoms with Crippen molar-refractivity contribution in [3.05, 3.63) is 52.5 Å². The van der Waals surface area contributed by atoms with Crippen LogP contribution in [0.2, 0.25) is 5.02 Å². The number of ether oxygens (including phenoxy) is 2. The summed E-state index contributed by atoms with van der Waals surface area (Å²) in [6.45, 7) is 0. The predicted octanol–water partition coefficient (Wildman–Crippen LogP) is 3.17. The maximum Gasteiger partial charge on any atom is 0.195 e. The molecule has 0 aliphatic rings. The lowest BCUT2D eigenvalue weighted by molar-refractivity contribution is 0.103. The Hall–Kier alpha value is -2.20. The second-order valence-corrected chi connectivity index (χ2v) is 4.54. The summed E-state index contributed by atoms with van der Waals surface area (Å²) >= 11 is 6.03. The van der Waals surface area contributed by atoms with Gasteiger partial charge in [-0.2, -0.15) is 0 Å². The molecule has 0 saturated heterocycles. The molecule has 0 fully saturated rings. The van der Waals surface area contributed by atoms with Crippen LogP contribution in [0.4, 0.5) is 5.69 Å². The Morgan fingerprint density at radius 2 is 1.85 bits per heavy atom. The molecule has 2 aromatic rings. The second kappa shape index (κ2) is 5.84. The maximum absolute atomic E-state index is 12.5. The van der Waals surface area contributed by atoms with Gasteiger partial charge in [0.15, 0.2) is 5.78 Å². The van der Waals surface area contributed by atoms with Crippen molar-refractivity contribution in [1.82, 2.24) is 0 Å². The van der Waals surface area contributed by atoms with E-state index in [0.29, 0.717) is 33.3 Å². The molecule has 0 atom stereocenters. The smallest absolute Gasteiger partial charge is 0.195 e. The number of hydrogen-bond donors (Lipinski definition) is 1. The van der Waals surface area contributed by atoms with Crippen LogP contribution in [0.1, 0.15) is 15.9 Å². The molecule has 20 heavy (non-hydrogen) atoms. The molecule has 4 nitrogen and oxygen atoms in total. The van der Waals surface area contributed by atoms with E-state index in [0.717, 1.165) is 0 Å². The molecule has 0 amide bonds. The molecule has 0 aliphatic heterocycles. The van der Waals surface area contributed by atoms with E-state index in [2.05, 4.69) is 0 Å². The van der Waals surface area contributed by atoms with Gasteiger partial charge in [-0.25, -0.2) is 0 Å². The second-order valence-electron chi connectivity index (χ2n) is 4.13. The summed E-state index contributed by atoms with van der Waals surface area (Å²) in [6, 6.07) is 9.79. The van der Waals surface area contributed by atoms with Gasteiger partial charge in [0.1, 0.15) is 11.5 Å². The topological polar surface area (TPSA) is 61.5 Å². The van der Waals surface area contributed by atoms with E-state index in [-0.39, 0.29) is 5.78 Å². The molecule has 2 aromatic carbocycles. The summed E-state index contributed by atoms with van der Waals surface area (Å²) in [5.41, 5.74) is 7.05. The highest BCUT2D eigenvalue weighted by atomic mass is 35.5. The predicted molar refractivity (Wildman–Crippen MR) is 78.8 cm³/mol. The number of nitrogens with two attached hydrogens (primary N) is 1. The Labute approximate surface area is 122 Å². The third-order valence-electron chi connectivity index (χ3n) is 2.92. The molecule has 0 spiro atoms. The number of halogens is 1. The van der Waals surface area contributed by atoms with Crippen LogP contribution in [0.15, 0.2) is 36.4 Å². The number of methoxy groups -OCH3 is 2. The van der Waals surface area contributed by atoms with E-state index in [9.17, 15) is 4.79 Å². The number of carbonyl (C=O) groups is 1. The van der Waals surface area contributed by atoms with Crippen LogP contribution in [-0.4, -0.2) is 20.0 Å². The van der Waals surface area contributed by atoms with E-state index < -0.39 is 0 Å². The highest BCUT2D eigenvalue weighted by Crippen LogP contribution is 2.28. The van der Waals surface area contributed by atoms with Gasteiger partial charge in [-0.3, -0.25) is 4.79 Å². The first-order valence-electron chi connectivity index (χ1n) is 5.88. The summed E-state index contributed by atoms with van der Waals surface area (Å²) in [5.74, 6) is 0.870. The molecule has 0 aliphatic carbocycles. The number of rotatable bonds is 4. The van der Waals surface area contributed by atoms with Crippen LogP contribution in [-0.2, 0) is 0 Å². The van der Waals surface area contributed by atoms with Crippen molar-refractivity contribution in [3.63, 3.8) is 0 Å². The average molecular weight is 292 g/mol. The lowest BCUT2D eigenvalue weighted by Crippen LogP contribution is -2.06. The van der Waals surface area contributed by atoms with Gasteiger partial charge in [0.25, 0.3) is 0 Å². The van der Waals surface area contributed by atoms with Crippen LogP contribution in [0, 0.1) is 0 Å². The normalized spacial score (nSPS) is 10.2. The molecule has 0 unspecified atom stereocenters. The number of anilines is 1. The van der Waals surface area contributed by atoms with Crippen molar-refractivity contribution in [2.45, 2.75) is 0 Å². The molecule has 0 saturated carbocycles. The molecule has 0 radical (unpaired) electrons.